The lowest BCUT2D eigenvalue weighted by Crippen LogP contribution is -2.51. The third-order valence-corrected chi connectivity index (χ3v) is 5.22. The number of benzene rings is 2. The van der Waals surface area contributed by atoms with Gasteiger partial charge in [-0.2, -0.15) is 5.10 Å². The SMILES string of the molecule is CN(C)C[C@@H]1OCCN(C(=O)c2ccc3ccccc3c2)[C@H]1c1cnn(C)c1. The van der Waals surface area contributed by atoms with Crippen LogP contribution in [0.15, 0.2) is 54.9 Å². The minimum absolute atomic E-state index is 0.0339. The molecule has 0 saturated carbocycles. The Hall–Kier alpha value is -2.70. The van der Waals surface area contributed by atoms with Crippen molar-refractivity contribution in [2.24, 2.45) is 7.05 Å². The standard InChI is InChI=1S/C22H26N4O2/c1-24(2)15-20-21(19-13-23-25(3)14-19)26(10-11-28-20)22(27)18-9-8-16-6-4-5-7-17(16)12-18/h4-9,12-14,20-21H,10-11,15H2,1-3H3/t20-,21-/m0/s1. The molecule has 3 aromatic rings. The Bertz CT molecular complexity index is 981. The van der Waals surface area contributed by atoms with E-state index in [9.17, 15) is 4.79 Å². The zero-order valence-electron chi connectivity index (χ0n) is 16.6. The van der Waals surface area contributed by atoms with Crippen LogP contribution in [0.4, 0.5) is 0 Å². The average molecular weight is 378 g/mol. The first-order valence-electron chi connectivity index (χ1n) is 9.57. The van der Waals surface area contributed by atoms with E-state index in [0.717, 1.165) is 22.9 Å². The number of carbonyl (C=O) groups excluding carboxylic acids is 1. The molecule has 1 fully saturated rings. The highest BCUT2D eigenvalue weighted by atomic mass is 16.5. The number of morpholine rings is 1. The summed E-state index contributed by atoms with van der Waals surface area (Å²) in [7, 11) is 5.94. The van der Waals surface area contributed by atoms with Crippen LogP contribution >= 0.6 is 0 Å². The fraction of sp³-hybridized carbons (Fsp3) is 0.364. The van der Waals surface area contributed by atoms with Crippen LogP contribution in [0.1, 0.15) is 22.0 Å². The maximum absolute atomic E-state index is 13.5. The van der Waals surface area contributed by atoms with Gasteiger partial charge in [0, 0.05) is 37.5 Å². The summed E-state index contributed by atoms with van der Waals surface area (Å²) in [4.78, 5) is 17.5. The number of nitrogens with zero attached hydrogens (tertiary/aromatic N) is 4. The Morgan fingerprint density at radius 1 is 1.21 bits per heavy atom. The summed E-state index contributed by atoms with van der Waals surface area (Å²) in [6, 6.07) is 13.9. The summed E-state index contributed by atoms with van der Waals surface area (Å²) in [5.41, 5.74) is 1.71. The number of fused-ring (bicyclic) bond motifs is 1. The number of likely N-dealkylation sites (N-methyl/N-ethyl adjacent to an activating group) is 1. The third kappa shape index (κ3) is 3.66. The van der Waals surface area contributed by atoms with E-state index in [1.54, 1.807) is 4.68 Å². The van der Waals surface area contributed by atoms with Crippen molar-refractivity contribution in [3.05, 3.63) is 66.0 Å². The van der Waals surface area contributed by atoms with Gasteiger partial charge >= 0.3 is 0 Å². The van der Waals surface area contributed by atoms with Crippen molar-refractivity contribution in [2.75, 3.05) is 33.8 Å². The van der Waals surface area contributed by atoms with Gasteiger partial charge in [0.15, 0.2) is 0 Å². The molecule has 6 heteroatoms. The van der Waals surface area contributed by atoms with Crippen molar-refractivity contribution >= 4 is 16.7 Å². The maximum atomic E-state index is 13.5. The molecule has 0 unspecified atom stereocenters. The van der Waals surface area contributed by atoms with E-state index in [1.165, 1.54) is 0 Å². The molecule has 1 saturated heterocycles. The first-order valence-corrected chi connectivity index (χ1v) is 9.57. The van der Waals surface area contributed by atoms with Gasteiger partial charge in [0.2, 0.25) is 0 Å². The van der Waals surface area contributed by atoms with Crippen LogP contribution in [-0.2, 0) is 11.8 Å². The summed E-state index contributed by atoms with van der Waals surface area (Å²) in [5.74, 6) is 0.0339. The van der Waals surface area contributed by atoms with Crippen molar-refractivity contribution in [3.63, 3.8) is 0 Å². The van der Waals surface area contributed by atoms with E-state index in [2.05, 4.69) is 16.1 Å². The van der Waals surface area contributed by atoms with E-state index in [4.69, 9.17) is 4.74 Å². The number of ether oxygens (including phenoxy) is 1. The molecule has 2 atom stereocenters. The lowest BCUT2D eigenvalue weighted by Gasteiger charge is -2.41. The molecule has 0 spiro atoms. The molecule has 1 aliphatic rings. The molecular weight excluding hydrogens is 352 g/mol. The minimum Gasteiger partial charge on any atom is -0.373 e. The van der Waals surface area contributed by atoms with Crippen LogP contribution < -0.4 is 0 Å². The average Bonchev–Trinajstić information content (AvgIpc) is 3.12. The fourth-order valence-electron chi connectivity index (χ4n) is 3.95. The first kappa shape index (κ1) is 18.7. The van der Waals surface area contributed by atoms with Gasteiger partial charge in [-0.05, 0) is 37.0 Å². The van der Waals surface area contributed by atoms with Crippen molar-refractivity contribution in [3.8, 4) is 0 Å². The second-order valence-corrected chi connectivity index (χ2v) is 7.62. The van der Waals surface area contributed by atoms with Crippen molar-refractivity contribution in [1.29, 1.82) is 0 Å². The molecular formula is C22H26N4O2. The predicted octanol–water partition coefficient (Wildman–Crippen LogP) is 2.72. The molecule has 0 N–H and O–H groups in total. The predicted molar refractivity (Wildman–Crippen MR) is 109 cm³/mol. The van der Waals surface area contributed by atoms with Gasteiger partial charge < -0.3 is 14.5 Å². The van der Waals surface area contributed by atoms with E-state index in [0.29, 0.717) is 18.7 Å². The number of rotatable bonds is 4. The highest BCUT2D eigenvalue weighted by molar-refractivity contribution is 5.98. The van der Waals surface area contributed by atoms with E-state index >= 15 is 0 Å². The molecule has 0 aliphatic carbocycles. The van der Waals surface area contributed by atoms with E-state index < -0.39 is 0 Å². The van der Waals surface area contributed by atoms with Gasteiger partial charge in [-0.1, -0.05) is 30.3 Å². The number of amides is 1. The third-order valence-electron chi connectivity index (χ3n) is 5.22. The van der Waals surface area contributed by atoms with Crippen LogP contribution in [-0.4, -0.2) is 65.4 Å². The molecule has 1 aliphatic heterocycles. The van der Waals surface area contributed by atoms with Crippen LogP contribution in [0.3, 0.4) is 0 Å². The zero-order chi connectivity index (χ0) is 19.7. The molecule has 146 valence electrons. The molecule has 1 amide bonds. The Kier molecular flexibility index (Phi) is 5.15. The maximum Gasteiger partial charge on any atom is 0.254 e. The zero-order valence-corrected chi connectivity index (χ0v) is 16.6. The topological polar surface area (TPSA) is 50.6 Å². The Balaban J connectivity index is 1.70. The Morgan fingerprint density at radius 2 is 2.00 bits per heavy atom. The van der Waals surface area contributed by atoms with Gasteiger partial charge in [-0.15, -0.1) is 0 Å². The summed E-state index contributed by atoms with van der Waals surface area (Å²) < 4.78 is 7.85. The summed E-state index contributed by atoms with van der Waals surface area (Å²) in [6.07, 6.45) is 3.71. The Morgan fingerprint density at radius 3 is 2.71 bits per heavy atom. The summed E-state index contributed by atoms with van der Waals surface area (Å²) in [6.45, 7) is 1.84. The number of aryl methyl sites for hydroxylation is 1. The fourth-order valence-corrected chi connectivity index (χ4v) is 3.95. The van der Waals surface area contributed by atoms with Crippen LogP contribution in [0.2, 0.25) is 0 Å². The molecule has 28 heavy (non-hydrogen) atoms. The molecule has 0 bridgehead atoms. The second-order valence-electron chi connectivity index (χ2n) is 7.62. The van der Waals surface area contributed by atoms with Crippen LogP contribution in [0, 0.1) is 0 Å². The quantitative estimate of drug-likeness (QED) is 0.701. The van der Waals surface area contributed by atoms with Crippen molar-refractivity contribution in [2.45, 2.75) is 12.1 Å². The minimum atomic E-state index is -0.163. The van der Waals surface area contributed by atoms with Gasteiger partial charge in [0.25, 0.3) is 5.91 Å². The lowest BCUT2D eigenvalue weighted by molar-refractivity contribution is -0.0684. The van der Waals surface area contributed by atoms with Crippen LogP contribution in [0.25, 0.3) is 10.8 Å². The molecule has 0 radical (unpaired) electrons. The normalized spacial score (nSPS) is 20.1. The van der Waals surface area contributed by atoms with Crippen molar-refractivity contribution < 1.29 is 9.53 Å². The van der Waals surface area contributed by atoms with Gasteiger partial charge in [-0.25, -0.2) is 0 Å². The van der Waals surface area contributed by atoms with Gasteiger partial charge in [0.1, 0.15) is 0 Å². The number of hydrogen-bond acceptors (Lipinski definition) is 4. The number of hydrogen-bond donors (Lipinski definition) is 0. The Labute approximate surface area is 165 Å². The van der Waals surface area contributed by atoms with Crippen LogP contribution in [0.5, 0.6) is 0 Å². The smallest absolute Gasteiger partial charge is 0.254 e. The summed E-state index contributed by atoms with van der Waals surface area (Å²) >= 11 is 0. The second kappa shape index (κ2) is 7.73. The van der Waals surface area contributed by atoms with Gasteiger partial charge in [-0.3, -0.25) is 9.48 Å². The molecule has 6 nitrogen and oxygen atoms in total. The largest absolute Gasteiger partial charge is 0.373 e. The first-order chi connectivity index (χ1) is 13.5. The number of aromatic nitrogens is 2. The van der Waals surface area contributed by atoms with Crippen molar-refractivity contribution in [1.82, 2.24) is 19.6 Å². The number of carbonyl (C=O) groups is 1. The molecule has 1 aromatic heterocycles. The molecule has 2 heterocycles. The molecule has 2 aromatic carbocycles. The van der Waals surface area contributed by atoms with E-state index in [1.807, 2.05) is 74.8 Å². The van der Waals surface area contributed by atoms with Gasteiger partial charge in [0.05, 0.1) is 24.9 Å². The monoisotopic (exact) mass is 378 g/mol. The molecule has 4 rings (SSSR count). The van der Waals surface area contributed by atoms with E-state index in [-0.39, 0.29) is 18.1 Å². The highest BCUT2D eigenvalue weighted by Crippen LogP contribution is 2.31. The summed E-state index contributed by atoms with van der Waals surface area (Å²) in [5, 5.41) is 6.53. The highest BCUT2D eigenvalue weighted by Gasteiger charge is 2.37. The lowest BCUT2D eigenvalue weighted by atomic mass is 9.98.